The molecule has 1 aliphatic heterocycles. The van der Waals surface area contributed by atoms with Crippen molar-refractivity contribution in [3.05, 3.63) is 23.8 Å². The summed E-state index contributed by atoms with van der Waals surface area (Å²) in [6, 6.07) is 5.27. The van der Waals surface area contributed by atoms with Crippen LogP contribution in [0.25, 0.3) is 0 Å². The van der Waals surface area contributed by atoms with Crippen molar-refractivity contribution in [1.82, 2.24) is 14.9 Å². The normalized spacial score (nSPS) is 16.5. The zero-order valence-electron chi connectivity index (χ0n) is 16.8. The van der Waals surface area contributed by atoms with Crippen LogP contribution in [0.1, 0.15) is 18.4 Å². The van der Waals surface area contributed by atoms with Crippen LogP contribution in [-0.4, -0.2) is 64.6 Å². The van der Waals surface area contributed by atoms with Crippen LogP contribution < -0.4 is 20.1 Å². The lowest BCUT2D eigenvalue weighted by atomic mass is 10.1. The number of ether oxygens (including phenoxy) is 2. The van der Waals surface area contributed by atoms with Crippen molar-refractivity contribution in [3.8, 4) is 11.5 Å². The van der Waals surface area contributed by atoms with E-state index in [1.54, 1.807) is 27.3 Å². The number of rotatable bonds is 6. The predicted molar refractivity (Wildman–Crippen MR) is 118 cm³/mol. The Morgan fingerprint density at radius 1 is 1.20 bits per heavy atom. The van der Waals surface area contributed by atoms with Gasteiger partial charge in [0, 0.05) is 32.7 Å². The van der Waals surface area contributed by atoms with Crippen LogP contribution in [-0.2, 0) is 16.6 Å². The van der Waals surface area contributed by atoms with Gasteiger partial charge in [-0.05, 0) is 30.5 Å². The Bertz CT molecular complexity index is 829. The smallest absolute Gasteiger partial charge is 0.493 e. The second-order valence-electron chi connectivity index (χ2n) is 6.38. The minimum Gasteiger partial charge on any atom is -0.493 e. The highest BCUT2D eigenvalue weighted by Crippen LogP contribution is 2.29. The second kappa shape index (κ2) is 11.2. The summed E-state index contributed by atoms with van der Waals surface area (Å²) in [5.74, 6) is 1.67. The molecular formula is C17H26F3IN4O4S. The number of nitrogens with zero attached hydrogens (tertiary/aromatic N) is 2. The molecular weight excluding hydrogens is 540 g/mol. The van der Waals surface area contributed by atoms with E-state index in [1.165, 1.54) is 0 Å². The number of benzene rings is 1. The molecule has 1 saturated heterocycles. The predicted octanol–water partition coefficient (Wildman–Crippen LogP) is 2.30. The van der Waals surface area contributed by atoms with Gasteiger partial charge < -0.3 is 20.1 Å². The molecule has 0 atom stereocenters. The van der Waals surface area contributed by atoms with Crippen molar-refractivity contribution in [2.45, 2.75) is 30.9 Å². The van der Waals surface area contributed by atoms with E-state index in [2.05, 4.69) is 15.6 Å². The molecule has 30 heavy (non-hydrogen) atoms. The van der Waals surface area contributed by atoms with Gasteiger partial charge in [0.2, 0.25) is 0 Å². The third-order valence-corrected chi connectivity index (χ3v) is 6.19. The van der Waals surface area contributed by atoms with Crippen molar-refractivity contribution in [2.24, 2.45) is 4.99 Å². The summed E-state index contributed by atoms with van der Waals surface area (Å²) in [4.78, 5) is 4.11. The van der Waals surface area contributed by atoms with Gasteiger partial charge in [-0.2, -0.15) is 17.5 Å². The molecule has 1 aromatic rings. The molecule has 1 aliphatic rings. The summed E-state index contributed by atoms with van der Waals surface area (Å²) in [6.07, 6.45) is 0.485. The molecule has 0 saturated carbocycles. The standard InChI is InChI=1S/C17H25F3N4O4S.HI/c1-21-16(22-11-12-4-5-14(27-2)15(10-12)28-3)23-13-6-8-24(9-7-13)29(25,26)17(18,19)20;/h4-5,10,13H,6-9,11H2,1-3H3,(H2,21,22,23);1H. The van der Waals surface area contributed by atoms with Gasteiger partial charge in [-0.1, -0.05) is 6.07 Å². The van der Waals surface area contributed by atoms with E-state index in [1.807, 2.05) is 12.1 Å². The molecule has 172 valence electrons. The van der Waals surface area contributed by atoms with E-state index in [0.29, 0.717) is 28.3 Å². The number of alkyl halides is 3. The van der Waals surface area contributed by atoms with Gasteiger partial charge in [0.15, 0.2) is 17.5 Å². The summed E-state index contributed by atoms with van der Waals surface area (Å²) >= 11 is 0. The van der Waals surface area contributed by atoms with E-state index < -0.39 is 15.5 Å². The number of methoxy groups -OCH3 is 2. The molecule has 0 amide bonds. The summed E-state index contributed by atoms with van der Waals surface area (Å²) in [6.45, 7) is 0.0275. The van der Waals surface area contributed by atoms with Crippen LogP contribution in [0.2, 0.25) is 0 Å². The van der Waals surface area contributed by atoms with Crippen LogP contribution in [0, 0.1) is 0 Å². The van der Waals surface area contributed by atoms with Crippen molar-refractivity contribution in [1.29, 1.82) is 0 Å². The quantitative estimate of drug-likeness (QED) is 0.312. The number of piperidine rings is 1. The average molecular weight is 566 g/mol. The lowest BCUT2D eigenvalue weighted by molar-refractivity contribution is -0.0494. The molecule has 1 fully saturated rings. The molecule has 1 aromatic carbocycles. The molecule has 0 spiro atoms. The van der Waals surface area contributed by atoms with E-state index in [-0.39, 0.29) is 55.9 Å². The number of aliphatic imine (C=N–C) groups is 1. The zero-order valence-corrected chi connectivity index (χ0v) is 20.0. The van der Waals surface area contributed by atoms with E-state index >= 15 is 0 Å². The number of nitrogens with one attached hydrogen (secondary N) is 2. The monoisotopic (exact) mass is 566 g/mol. The minimum atomic E-state index is -5.28. The topological polar surface area (TPSA) is 92.3 Å². The SMILES string of the molecule is CN=C(NCc1ccc(OC)c(OC)c1)NC1CCN(S(=O)(=O)C(F)(F)F)CC1.I. The van der Waals surface area contributed by atoms with Crippen molar-refractivity contribution in [2.75, 3.05) is 34.4 Å². The first kappa shape index (κ1) is 26.6. The fourth-order valence-corrected chi connectivity index (χ4v) is 3.94. The highest BCUT2D eigenvalue weighted by atomic mass is 127. The maximum absolute atomic E-state index is 12.7. The van der Waals surface area contributed by atoms with Crippen LogP contribution >= 0.6 is 24.0 Å². The first-order valence-corrected chi connectivity index (χ1v) is 10.3. The molecule has 0 radical (unpaired) electrons. The van der Waals surface area contributed by atoms with Gasteiger partial charge in [-0.3, -0.25) is 4.99 Å². The zero-order chi connectivity index (χ0) is 21.7. The molecule has 1 heterocycles. The van der Waals surface area contributed by atoms with Crippen molar-refractivity contribution < 1.29 is 31.1 Å². The number of hydrogen-bond donors (Lipinski definition) is 2. The van der Waals surface area contributed by atoms with Gasteiger partial charge in [0.05, 0.1) is 14.2 Å². The second-order valence-corrected chi connectivity index (χ2v) is 8.31. The lowest BCUT2D eigenvalue weighted by Crippen LogP contribution is -2.51. The Morgan fingerprint density at radius 2 is 1.80 bits per heavy atom. The summed E-state index contributed by atoms with van der Waals surface area (Å²) in [7, 11) is -0.610. The molecule has 13 heteroatoms. The number of halogens is 4. The fraction of sp³-hybridized carbons (Fsp3) is 0.588. The third-order valence-electron chi connectivity index (χ3n) is 4.56. The first-order valence-electron chi connectivity index (χ1n) is 8.87. The minimum absolute atomic E-state index is 0. The van der Waals surface area contributed by atoms with Gasteiger partial charge in [-0.15, -0.1) is 24.0 Å². The van der Waals surface area contributed by atoms with Crippen molar-refractivity contribution in [3.63, 3.8) is 0 Å². The molecule has 0 bridgehead atoms. The summed E-state index contributed by atoms with van der Waals surface area (Å²) in [5.41, 5.74) is -4.36. The van der Waals surface area contributed by atoms with E-state index in [0.717, 1.165) is 5.56 Å². The van der Waals surface area contributed by atoms with Gasteiger partial charge in [-0.25, -0.2) is 8.42 Å². The Morgan fingerprint density at radius 3 is 2.30 bits per heavy atom. The van der Waals surface area contributed by atoms with Crippen LogP contribution in [0.3, 0.4) is 0 Å². The largest absolute Gasteiger partial charge is 0.511 e. The average Bonchev–Trinajstić information content (AvgIpc) is 2.70. The molecule has 0 aromatic heterocycles. The Labute approximate surface area is 191 Å². The highest BCUT2D eigenvalue weighted by molar-refractivity contribution is 14.0. The fourth-order valence-electron chi connectivity index (χ4n) is 2.95. The summed E-state index contributed by atoms with van der Waals surface area (Å²) in [5, 5.41) is 6.24. The third kappa shape index (κ3) is 6.51. The lowest BCUT2D eigenvalue weighted by Gasteiger charge is -2.32. The first-order chi connectivity index (χ1) is 13.6. The molecule has 2 rings (SSSR count). The maximum atomic E-state index is 12.7. The molecule has 0 aliphatic carbocycles. The van der Waals surface area contributed by atoms with Gasteiger partial charge >= 0.3 is 15.5 Å². The molecule has 2 N–H and O–H groups in total. The summed E-state index contributed by atoms with van der Waals surface area (Å²) < 4.78 is 71.8. The maximum Gasteiger partial charge on any atom is 0.511 e. The molecule has 0 unspecified atom stereocenters. The van der Waals surface area contributed by atoms with Crippen molar-refractivity contribution >= 4 is 40.0 Å². The van der Waals surface area contributed by atoms with Gasteiger partial charge in [0.25, 0.3) is 0 Å². The number of sulfonamides is 1. The Balaban J connectivity index is 0.00000450. The number of guanidine groups is 1. The van der Waals surface area contributed by atoms with E-state index in [4.69, 9.17) is 9.47 Å². The highest BCUT2D eigenvalue weighted by Gasteiger charge is 2.50. The van der Waals surface area contributed by atoms with Gasteiger partial charge in [0.1, 0.15) is 0 Å². The Kier molecular flexibility index (Phi) is 9.94. The Hall–Kier alpha value is -1.48. The number of hydrogen-bond acceptors (Lipinski definition) is 5. The van der Waals surface area contributed by atoms with Crippen LogP contribution in [0.4, 0.5) is 13.2 Å². The van der Waals surface area contributed by atoms with E-state index in [9.17, 15) is 21.6 Å². The van der Waals surface area contributed by atoms with Crippen LogP contribution in [0.5, 0.6) is 11.5 Å². The molecule has 8 nitrogen and oxygen atoms in total. The van der Waals surface area contributed by atoms with Crippen LogP contribution in [0.15, 0.2) is 23.2 Å².